The number of benzene rings is 1. The topological polar surface area (TPSA) is 63.6 Å². The van der Waals surface area contributed by atoms with Crippen LogP contribution in [0.25, 0.3) is 0 Å². The molecule has 15 heavy (non-hydrogen) atoms. The summed E-state index contributed by atoms with van der Waals surface area (Å²) in [5, 5.41) is 9.25. The number of phenols is 1. The van der Waals surface area contributed by atoms with Gasteiger partial charge in [0, 0.05) is 6.42 Å². The van der Waals surface area contributed by atoms with E-state index in [2.05, 4.69) is 4.74 Å². The van der Waals surface area contributed by atoms with E-state index < -0.39 is 11.9 Å². The van der Waals surface area contributed by atoms with Crippen molar-refractivity contribution < 1.29 is 19.4 Å². The van der Waals surface area contributed by atoms with E-state index in [0.717, 1.165) is 0 Å². The third-order valence-corrected chi connectivity index (χ3v) is 1.62. The van der Waals surface area contributed by atoms with E-state index in [0.29, 0.717) is 0 Å². The molecule has 4 nitrogen and oxygen atoms in total. The van der Waals surface area contributed by atoms with E-state index in [4.69, 9.17) is 0 Å². The minimum atomic E-state index is -0.824. The SMILES string of the molecule is CCC(=O)OC(=O)c1ccccc1O.[CaH2]. The van der Waals surface area contributed by atoms with Gasteiger partial charge in [0.15, 0.2) is 0 Å². The van der Waals surface area contributed by atoms with Gasteiger partial charge in [-0.15, -0.1) is 0 Å². The van der Waals surface area contributed by atoms with E-state index >= 15 is 0 Å². The molecule has 0 saturated heterocycles. The van der Waals surface area contributed by atoms with E-state index in [9.17, 15) is 14.7 Å². The Morgan fingerprint density at radius 1 is 1.33 bits per heavy atom. The third kappa shape index (κ3) is 4.20. The van der Waals surface area contributed by atoms with Crippen molar-refractivity contribution >= 4 is 49.7 Å². The van der Waals surface area contributed by atoms with Crippen LogP contribution >= 0.6 is 0 Å². The monoisotopic (exact) mass is 236 g/mol. The Hall–Kier alpha value is -0.580. The van der Waals surface area contributed by atoms with Crippen LogP contribution in [0.4, 0.5) is 0 Å². The molecule has 0 saturated carbocycles. The normalized spacial score (nSPS) is 8.87. The van der Waals surface area contributed by atoms with Gasteiger partial charge in [-0.1, -0.05) is 19.1 Å². The van der Waals surface area contributed by atoms with Gasteiger partial charge >= 0.3 is 49.7 Å². The van der Waals surface area contributed by atoms with Crippen molar-refractivity contribution in [2.75, 3.05) is 0 Å². The molecule has 0 aromatic heterocycles. The number of aromatic hydroxyl groups is 1. The maximum atomic E-state index is 11.2. The van der Waals surface area contributed by atoms with Crippen molar-refractivity contribution in [3.05, 3.63) is 29.8 Å². The molecule has 0 aliphatic heterocycles. The van der Waals surface area contributed by atoms with Crippen LogP contribution in [-0.2, 0) is 9.53 Å². The molecule has 0 aliphatic carbocycles. The van der Waals surface area contributed by atoms with Gasteiger partial charge in [-0.2, -0.15) is 0 Å². The first-order chi connectivity index (χ1) is 6.65. The van der Waals surface area contributed by atoms with Gasteiger partial charge in [0.1, 0.15) is 11.3 Å². The van der Waals surface area contributed by atoms with Crippen molar-refractivity contribution in [2.45, 2.75) is 13.3 Å². The first kappa shape index (κ1) is 14.4. The van der Waals surface area contributed by atoms with Crippen molar-refractivity contribution in [1.82, 2.24) is 0 Å². The Bertz CT molecular complexity index is 362. The van der Waals surface area contributed by atoms with Crippen molar-refractivity contribution in [3.63, 3.8) is 0 Å². The summed E-state index contributed by atoms with van der Waals surface area (Å²) in [6.07, 6.45) is 0.124. The maximum absolute atomic E-state index is 11.2. The number of hydrogen-bond acceptors (Lipinski definition) is 4. The Kier molecular flexibility index (Phi) is 6.56. The van der Waals surface area contributed by atoms with Crippen LogP contribution in [0.1, 0.15) is 23.7 Å². The summed E-state index contributed by atoms with van der Waals surface area (Å²) in [6.45, 7) is 1.58. The average Bonchev–Trinajstić information content (AvgIpc) is 2.18. The number of rotatable bonds is 2. The van der Waals surface area contributed by atoms with Crippen molar-refractivity contribution in [2.24, 2.45) is 0 Å². The van der Waals surface area contributed by atoms with Crippen LogP contribution in [0.2, 0.25) is 0 Å². The molecule has 1 aromatic rings. The van der Waals surface area contributed by atoms with Crippen LogP contribution in [0.5, 0.6) is 5.75 Å². The van der Waals surface area contributed by atoms with Crippen LogP contribution < -0.4 is 0 Å². The van der Waals surface area contributed by atoms with E-state index in [1.165, 1.54) is 12.1 Å². The number of esters is 2. The molecule has 1 rings (SSSR count). The van der Waals surface area contributed by atoms with Crippen molar-refractivity contribution in [1.29, 1.82) is 0 Å². The second-order valence-corrected chi connectivity index (χ2v) is 2.63. The Morgan fingerprint density at radius 3 is 2.47 bits per heavy atom. The zero-order chi connectivity index (χ0) is 10.6. The van der Waals surface area contributed by atoms with Gasteiger partial charge < -0.3 is 9.84 Å². The molecule has 0 atom stereocenters. The van der Waals surface area contributed by atoms with Crippen LogP contribution in [0.15, 0.2) is 24.3 Å². The van der Waals surface area contributed by atoms with Gasteiger partial charge in [-0.3, -0.25) is 4.79 Å². The zero-order valence-corrected chi connectivity index (χ0v) is 7.69. The van der Waals surface area contributed by atoms with E-state index in [1.807, 2.05) is 0 Å². The van der Waals surface area contributed by atoms with Crippen molar-refractivity contribution in [3.8, 4) is 5.75 Å². The van der Waals surface area contributed by atoms with Gasteiger partial charge in [-0.25, -0.2) is 4.79 Å². The average molecular weight is 236 g/mol. The fourth-order valence-corrected chi connectivity index (χ4v) is 0.877. The minimum absolute atomic E-state index is 0. The molecule has 0 fully saturated rings. The summed E-state index contributed by atoms with van der Waals surface area (Å²) in [5.74, 6) is -1.63. The molecule has 0 radical (unpaired) electrons. The first-order valence-corrected chi connectivity index (χ1v) is 4.18. The number of hydrogen-bond donors (Lipinski definition) is 1. The fraction of sp³-hybridized carbons (Fsp3) is 0.200. The number of phenolic OH excluding ortho intramolecular Hbond substituents is 1. The predicted molar refractivity (Wildman–Crippen MR) is 57.4 cm³/mol. The quantitative estimate of drug-likeness (QED) is 0.463. The zero-order valence-electron chi connectivity index (χ0n) is 7.69. The summed E-state index contributed by atoms with van der Waals surface area (Å²) in [4.78, 5) is 22.0. The van der Waals surface area contributed by atoms with Crippen LogP contribution in [0.3, 0.4) is 0 Å². The van der Waals surface area contributed by atoms with Crippen LogP contribution in [0, 0.1) is 0 Å². The molecule has 78 valence electrons. The molecule has 0 unspecified atom stereocenters. The summed E-state index contributed by atoms with van der Waals surface area (Å²) in [6, 6.07) is 5.90. The third-order valence-electron chi connectivity index (χ3n) is 1.62. The summed E-state index contributed by atoms with van der Waals surface area (Å²) < 4.78 is 4.43. The second-order valence-electron chi connectivity index (χ2n) is 2.63. The molecule has 0 aliphatic rings. The summed E-state index contributed by atoms with van der Waals surface area (Å²) >= 11 is 0. The molecule has 0 spiro atoms. The van der Waals surface area contributed by atoms with E-state index in [1.54, 1.807) is 19.1 Å². The molecule has 1 aromatic carbocycles. The van der Waals surface area contributed by atoms with E-state index in [-0.39, 0.29) is 55.5 Å². The van der Waals surface area contributed by atoms with Crippen LogP contribution in [-0.4, -0.2) is 54.8 Å². The molecule has 0 amide bonds. The Morgan fingerprint density at radius 2 is 1.93 bits per heavy atom. The molecule has 1 N–H and O–H groups in total. The summed E-state index contributed by atoms with van der Waals surface area (Å²) in [5.41, 5.74) is -0.00528. The Balaban J connectivity index is 0.00000196. The predicted octanol–water partition coefficient (Wildman–Crippen LogP) is 0.569. The van der Waals surface area contributed by atoms with Gasteiger partial charge in [-0.05, 0) is 12.1 Å². The van der Waals surface area contributed by atoms with Gasteiger partial charge in [0.2, 0.25) is 0 Å². The molecule has 5 heteroatoms. The molecule has 0 bridgehead atoms. The van der Waals surface area contributed by atoms with Gasteiger partial charge in [0.25, 0.3) is 0 Å². The molecule has 0 heterocycles. The number of carbonyl (C=O) groups is 2. The number of ether oxygens (including phenoxy) is 1. The molecular weight excluding hydrogens is 224 g/mol. The number of para-hydroxylation sites is 1. The standard InChI is InChI=1S/C10H10O4.Ca.2H/c1-2-9(12)14-10(13)7-5-3-4-6-8(7)11;;;/h3-6,11H,2H2,1H3;;;. The van der Waals surface area contributed by atoms with Gasteiger partial charge in [0.05, 0.1) is 0 Å². The first-order valence-electron chi connectivity index (χ1n) is 4.18. The molecular formula is C10H12CaO4. The summed E-state index contributed by atoms with van der Waals surface area (Å²) in [7, 11) is 0. The second kappa shape index (κ2) is 6.82. The Labute approximate surface area is 117 Å². The number of carbonyl (C=O) groups excluding carboxylic acids is 2. The fourth-order valence-electron chi connectivity index (χ4n) is 0.877.